The fourth-order valence-electron chi connectivity index (χ4n) is 2.43. The van der Waals surface area contributed by atoms with Crippen LogP contribution in [0.5, 0.6) is 0 Å². The average Bonchev–Trinajstić information content (AvgIpc) is 2.64. The molecule has 1 aromatic heterocycles. The topological polar surface area (TPSA) is 74.7 Å². The van der Waals surface area contributed by atoms with E-state index < -0.39 is 0 Å². The van der Waals surface area contributed by atoms with Crippen molar-refractivity contribution in [2.24, 2.45) is 5.10 Å². The number of amides is 2. The van der Waals surface area contributed by atoms with Crippen molar-refractivity contribution in [2.45, 2.75) is 25.9 Å². The van der Waals surface area contributed by atoms with Crippen molar-refractivity contribution < 1.29 is 14.0 Å². The number of carbonyl (C=O) groups is 2. The predicted molar refractivity (Wildman–Crippen MR) is 89.7 cm³/mol. The Balaban J connectivity index is 1.65. The molecule has 1 N–H and O–H groups in total. The van der Waals surface area contributed by atoms with Crippen LogP contribution in [-0.4, -0.2) is 27.5 Å². The third-order valence-electron chi connectivity index (χ3n) is 3.77. The zero-order valence-corrected chi connectivity index (χ0v) is 13.5. The van der Waals surface area contributed by atoms with E-state index in [-0.39, 0.29) is 30.6 Å². The summed E-state index contributed by atoms with van der Waals surface area (Å²) in [6.45, 7) is 0.501. The van der Waals surface area contributed by atoms with Crippen LogP contribution in [0.4, 0.5) is 4.39 Å². The summed E-state index contributed by atoms with van der Waals surface area (Å²) in [4.78, 5) is 28.4. The summed E-state index contributed by atoms with van der Waals surface area (Å²) in [6.07, 6.45) is 2.17. The van der Waals surface area contributed by atoms with Gasteiger partial charge in [-0.3, -0.25) is 14.6 Å². The number of pyridine rings is 1. The normalized spacial score (nSPS) is 14.2. The van der Waals surface area contributed by atoms with Crippen molar-refractivity contribution in [1.29, 1.82) is 0 Å². The molecule has 0 unspecified atom stereocenters. The van der Waals surface area contributed by atoms with E-state index >= 15 is 0 Å². The number of halogens is 1. The molecule has 0 saturated carbocycles. The second-order valence-electron chi connectivity index (χ2n) is 5.63. The van der Waals surface area contributed by atoms with Gasteiger partial charge in [-0.05, 0) is 29.8 Å². The Morgan fingerprint density at radius 3 is 2.68 bits per heavy atom. The lowest BCUT2D eigenvalue weighted by Gasteiger charge is -2.23. The second kappa shape index (κ2) is 7.65. The minimum atomic E-state index is -0.341. The first kappa shape index (κ1) is 16.8. The lowest BCUT2D eigenvalue weighted by atomic mass is 10.1. The number of hydrogen-bond acceptors (Lipinski definition) is 4. The number of benzene rings is 1. The summed E-state index contributed by atoms with van der Waals surface area (Å²) in [7, 11) is 0. The first-order valence-corrected chi connectivity index (χ1v) is 7.92. The number of nitrogens with zero attached hydrogens (tertiary/aromatic N) is 3. The van der Waals surface area contributed by atoms with Crippen molar-refractivity contribution in [2.75, 3.05) is 0 Å². The fourth-order valence-corrected chi connectivity index (χ4v) is 2.43. The summed E-state index contributed by atoms with van der Waals surface area (Å²) in [5.41, 5.74) is 1.79. The third-order valence-corrected chi connectivity index (χ3v) is 3.77. The van der Waals surface area contributed by atoms with E-state index in [1.54, 1.807) is 24.4 Å². The number of nitrogens with one attached hydrogen (secondary N) is 1. The number of hydrogen-bond donors (Lipinski definition) is 1. The standard InChI is InChI=1S/C18H17FN4O2/c19-14-6-4-13(5-7-14)12-23-17(24)9-8-16(22-23)18(25)21-11-15-3-1-2-10-20-15/h1-7,10H,8-9,11-12H2,(H,21,25). The molecule has 1 aliphatic heterocycles. The molecule has 128 valence electrons. The number of carbonyl (C=O) groups excluding carboxylic acids is 2. The highest BCUT2D eigenvalue weighted by Crippen LogP contribution is 2.14. The molecule has 2 amide bonds. The molecule has 1 aliphatic rings. The Bertz CT molecular complexity index is 790. The molecule has 0 fully saturated rings. The Labute approximate surface area is 144 Å². The van der Waals surface area contributed by atoms with Gasteiger partial charge in [-0.25, -0.2) is 9.40 Å². The highest BCUT2D eigenvalue weighted by molar-refractivity contribution is 6.39. The smallest absolute Gasteiger partial charge is 0.267 e. The molecular weight excluding hydrogens is 323 g/mol. The van der Waals surface area contributed by atoms with Crippen LogP contribution in [-0.2, 0) is 22.7 Å². The molecule has 0 bridgehead atoms. The van der Waals surface area contributed by atoms with Crippen LogP contribution in [0.25, 0.3) is 0 Å². The third kappa shape index (κ3) is 4.47. The maximum absolute atomic E-state index is 13.0. The van der Waals surface area contributed by atoms with E-state index in [2.05, 4.69) is 15.4 Å². The number of hydrazone groups is 1. The van der Waals surface area contributed by atoms with Gasteiger partial charge < -0.3 is 5.32 Å². The molecule has 6 nitrogen and oxygen atoms in total. The van der Waals surface area contributed by atoms with Gasteiger partial charge in [0.15, 0.2) is 0 Å². The van der Waals surface area contributed by atoms with Crippen LogP contribution in [0.3, 0.4) is 0 Å². The van der Waals surface area contributed by atoms with Crippen LogP contribution in [0.15, 0.2) is 53.8 Å². The van der Waals surface area contributed by atoms with Crippen LogP contribution in [0.1, 0.15) is 24.1 Å². The van der Waals surface area contributed by atoms with Crippen molar-refractivity contribution in [1.82, 2.24) is 15.3 Å². The van der Waals surface area contributed by atoms with Crippen LogP contribution >= 0.6 is 0 Å². The maximum Gasteiger partial charge on any atom is 0.267 e. The van der Waals surface area contributed by atoms with Gasteiger partial charge in [0.1, 0.15) is 11.5 Å². The first-order chi connectivity index (χ1) is 12.1. The van der Waals surface area contributed by atoms with Crippen LogP contribution < -0.4 is 5.32 Å². The van der Waals surface area contributed by atoms with Gasteiger partial charge in [0.25, 0.3) is 5.91 Å². The molecule has 0 atom stereocenters. The van der Waals surface area contributed by atoms with Crippen molar-refractivity contribution >= 4 is 17.5 Å². The highest BCUT2D eigenvalue weighted by Gasteiger charge is 2.24. The maximum atomic E-state index is 13.0. The van der Waals surface area contributed by atoms with Gasteiger partial charge >= 0.3 is 0 Å². The molecule has 25 heavy (non-hydrogen) atoms. The van der Waals surface area contributed by atoms with Gasteiger partial charge in [0, 0.05) is 19.0 Å². The minimum absolute atomic E-state index is 0.161. The molecule has 0 aliphatic carbocycles. The quantitative estimate of drug-likeness (QED) is 0.905. The predicted octanol–water partition coefficient (Wildman–Crippen LogP) is 2.02. The lowest BCUT2D eigenvalue weighted by molar-refractivity contribution is -0.132. The van der Waals surface area contributed by atoms with E-state index in [9.17, 15) is 14.0 Å². The van der Waals surface area contributed by atoms with Crippen LogP contribution in [0.2, 0.25) is 0 Å². The monoisotopic (exact) mass is 340 g/mol. The summed E-state index contributed by atoms with van der Waals surface area (Å²) in [6, 6.07) is 11.3. The summed E-state index contributed by atoms with van der Waals surface area (Å²) in [5.74, 6) is -0.820. The molecule has 2 heterocycles. The average molecular weight is 340 g/mol. The Morgan fingerprint density at radius 1 is 1.16 bits per heavy atom. The second-order valence-corrected chi connectivity index (χ2v) is 5.63. The Morgan fingerprint density at radius 2 is 1.96 bits per heavy atom. The number of rotatable bonds is 5. The molecule has 0 spiro atoms. The van der Waals surface area contributed by atoms with Gasteiger partial charge in [0.05, 0.1) is 18.8 Å². The van der Waals surface area contributed by atoms with E-state index in [4.69, 9.17) is 0 Å². The lowest BCUT2D eigenvalue weighted by Crippen LogP contribution is -2.38. The number of aromatic nitrogens is 1. The minimum Gasteiger partial charge on any atom is -0.345 e. The zero-order chi connectivity index (χ0) is 17.6. The molecular formula is C18H17FN4O2. The van der Waals surface area contributed by atoms with Gasteiger partial charge in [-0.1, -0.05) is 18.2 Å². The summed E-state index contributed by atoms with van der Waals surface area (Å²) >= 11 is 0. The fraction of sp³-hybridized carbons (Fsp3) is 0.222. The van der Waals surface area contributed by atoms with E-state index in [0.29, 0.717) is 18.7 Å². The van der Waals surface area contributed by atoms with Gasteiger partial charge in [-0.2, -0.15) is 5.10 Å². The molecule has 0 saturated heterocycles. The van der Waals surface area contributed by atoms with Crippen molar-refractivity contribution in [3.8, 4) is 0 Å². The van der Waals surface area contributed by atoms with Crippen LogP contribution in [0, 0.1) is 5.82 Å². The van der Waals surface area contributed by atoms with E-state index in [1.165, 1.54) is 17.1 Å². The Kier molecular flexibility index (Phi) is 5.13. The molecule has 2 aromatic rings. The zero-order valence-electron chi connectivity index (χ0n) is 13.5. The molecule has 1 aromatic carbocycles. The molecule has 0 radical (unpaired) electrons. The first-order valence-electron chi connectivity index (χ1n) is 7.92. The SMILES string of the molecule is O=C(NCc1ccccn1)C1=NN(Cc2ccc(F)cc2)C(=O)CC1. The molecule has 3 rings (SSSR count). The largest absolute Gasteiger partial charge is 0.345 e. The van der Waals surface area contributed by atoms with Gasteiger partial charge in [0.2, 0.25) is 5.91 Å². The van der Waals surface area contributed by atoms with Crippen molar-refractivity contribution in [3.63, 3.8) is 0 Å². The summed E-state index contributed by atoms with van der Waals surface area (Å²) in [5, 5.41) is 8.18. The van der Waals surface area contributed by atoms with Crippen molar-refractivity contribution in [3.05, 3.63) is 65.7 Å². The molecule has 7 heteroatoms. The van der Waals surface area contributed by atoms with E-state index in [0.717, 1.165) is 11.3 Å². The van der Waals surface area contributed by atoms with E-state index in [1.807, 2.05) is 12.1 Å². The Hall–Kier alpha value is -3.09. The highest BCUT2D eigenvalue weighted by atomic mass is 19.1. The van der Waals surface area contributed by atoms with Gasteiger partial charge in [-0.15, -0.1) is 0 Å². The summed E-state index contributed by atoms with van der Waals surface area (Å²) < 4.78 is 13.0.